The minimum atomic E-state index is -0.443. The predicted octanol–water partition coefficient (Wildman–Crippen LogP) is 2.68. The lowest BCUT2D eigenvalue weighted by Gasteiger charge is -2.18. The van der Waals surface area contributed by atoms with Gasteiger partial charge in [-0.2, -0.15) is 0 Å². The highest BCUT2D eigenvalue weighted by molar-refractivity contribution is 7.09. The van der Waals surface area contributed by atoms with E-state index in [1.807, 2.05) is 49.6 Å². The quantitative estimate of drug-likeness (QED) is 0.880. The summed E-state index contributed by atoms with van der Waals surface area (Å²) in [4.78, 5) is 12.9. The fourth-order valence-corrected chi connectivity index (χ4v) is 2.71. The van der Waals surface area contributed by atoms with E-state index < -0.39 is 6.04 Å². The zero-order chi connectivity index (χ0) is 13.8. The minimum Gasteiger partial charge on any atom is -0.368 e. The van der Waals surface area contributed by atoms with Crippen molar-refractivity contribution in [3.63, 3.8) is 0 Å². The van der Waals surface area contributed by atoms with Gasteiger partial charge in [0.25, 0.3) is 0 Å². The lowest BCUT2D eigenvalue weighted by atomic mass is 9.98. The van der Waals surface area contributed by atoms with Crippen LogP contribution in [-0.2, 0) is 11.3 Å². The van der Waals surface area contributed by atoms with Crippen molar-refractivity contribution in [2.45, 2.75) is 26.4 Å². The van der Waals surface area contributed by atoms with Gasteiger partial charge in [-0.3, -0.25) is 10.1 Å². The molecule has 1 aromatic carbocycles. The minimum absolute atomic E-state index is 0.342. The largest absolute Gasteiger partial charge is 0.368 e. The van der Waals surface area contributed by atoms with Gasteiger partial charge in [-0.15, -0.1) is 11.3 Å². The van der Waals surface area contributed by atoms with Crippen LogP contribution in [0.25, 0.3) is 0 Å². The predicted molar refractivity (Wildman–Crippen MR) is 79.0 cm³/mol. The second kappa shape index (κ2) is 5.99. The molecule has 3 nitrogen and oxygen atoms in total. The van der Waals surface area contributed by atoms with Crippen LogP contribution in [0, 0.1) is 13.8 Å². The number of amides is 1. The van der Waals surface area contributed by atoms with Gasteiger partial charge in [-0.05, 0) is 36.4 Å². The van der Waals surface area contributed by atoms with E-state index in [9.17, 15) is 4.79 Å². The number of hydrogen-bond acceptors (Lipinski definition) is 3. The number of thiophene rings is 1. The van der Waals surface area contributed by atoms with Crippen molar-refractivity contribution in [3.05, 3.63) is 57.3 Å². The molecule has 1 amide bonds. The van der Waals surface area contributed by atoms with E-state index in [0.29, 0.717) is 6.54 Å². The Labute approximate surface area is 117 Å². The second-order valence-corrected chi connectivity index (χ2v) is 5.69. The summed E-state index contributed by atoms with van der Waals surface area (Å²) in [6.07, 6.45) is 0. The zero-order valence-corrected chi connectivity index (χ0v) is 12.0. The van der Waals surface area contributed by atoms with Crippen LogP contribution in [0.2, 0.25) is 0 Å². The Morgan fingerprint density at radius 3 is 2.79 bits per heavy atom. The van der Waals surface area contributed by atoms with Crippen LogP contribution in [0.5, 0.6) is 0 Å². The van der Waals surface area contributed by atoms with Crippen LogP contribution in [0.1, 0.15) is 27.6 Å². The van der Waals surface area contributed by atoms with Crippen molar-refractivity contribution >= 4 is 17.2 Å². The van der Waals surface area contributed by atoms with Crippen molar-refractivity contribution in [2.75, 3.05) is 0 Å². The average Bonchev–Trinajstić information content (AvgIpc) is 2.86. The van der Waals surface area contributed by atoms with E-state index in [1.54, 1.807) is 11.3 Å². The van der Waals surface area contributed by atoms with Crippen LogP contribution >= 0.6 is 11.3 Å². The van der Waals surface area contributed by atoms with Crippen molar-refractivity contribution in [3.8, 4) is 0 Å². The number of nitrogens with one attached hydrogen (secondary N) is 1. The summed E-state index contributed by atoms with van der Waals surface area (Å²) in [6.45, 7) is 4.66. The molecule has 1 atom stereocenters. The highest BCUT2D eigenvalue weighted by Gasteiger charge is 2.19. The van der Waals surface area contributed by atoms with Gasteiger partial charge in [-0.25, -0.2) is 0 Å². The number of benzene rings is 1. The molecule has 1 heterocycles. The SMILES string of the molecule is Cc1ccc(C)c(C(NCc2cccs2)C(N)=O)c1. The molecule has 2 rings (SSSR count). The Kier molecular flexibility index (Phi) is 4.35. The molecule has 0 bridgehead atoms. The number of aryl methyl sites for hydroxylation is 2. The number of nitrogens with two attached hydrogens (primary N) is 1. The summed E-state index contributed by atoms with van der Waals surface area (Å²) >= 11 is 1.66. The van der Waals surface area contributed by atoms with E-state index >= 15 is 0 Å². The Hall–Kier alpha value is -1.65. The number of carbonyl (C=O) groups excluding carboxylic acids is 1. The van der Waals surface area contributed by atoms with Gasteiger partial charge >= 0.3 is 0 Å². The molecule has 0 aliphatic heterocycles. The van der Waals surface area contributed by atoms with E-state index in [4.69, 9.17) is 5.73 Å². The molecule has 0 fully saturated rings. The van der Waals surface area contributed by atoms with Gasteiger partial charge in [0.2, 0.25) is 5.91 Å². The summed E-state index contributed by atoms with van der Waals surface area (Å²) < 4.78 is 0. The van der Waals surface area contributed by atoms with Crippen molar-refractivity contribution in [2.24, 2.45) is 5.73 Å². The molecular weight excluding hydrogens is 256 g/mol. The van der Waals surface area contributed by atoms with Crippen LogP contribution in [0.4, 0.5) is 0 Å². The fourth-order valence-electron chi connectivity index (χ4n) is 2.05. The smallest absolute Gasteiger partial charge is 0.239 e. The van der Waals surface area contributed by atoms with Gasteiger partial charge in [0.05, 0.1) is 0 Å². The second-order valence-electron chi connectivity index (χ2n) is 4.66. The third kappa shape index (κ3) is 3.43. The summed E-state index contributed by atoms with van der Waals surface area (Å²) in [7, 11) is 0. The Morgan fingerprint density at radius 2 is 2.16 bits per heavy atom. The molecule has 3 N–H and O–H groups in total. The first-order chi connectivity index (χ1) is 9.08. The monoisotopic (exact) mass is 274 g/mol. The van der Waals surface area contributed by atoms with E-state index in [2.05, 4.69) is 5.32 Å². The molecule has 1 unspecified atom stereocenters. The molecule has 0 radical (unpaired) electrons. The van der Waals surface area contributed by atoms with Crippen molar-refractivity contribution in [1.29, 1.82) is 0 Å². The maximum atomic E-state index is 11.7. The lowest BCUT2D eigenvalue weighted by molar-refractivity contribution is -0.120. The Balaban J connectivity index is 2.20. The third-order valence-corrected chi connectivity index (χ3v) is 3.97. The summed E-state index contributed by atoms with van der Waals surface area (Å²) in [5.74, 6) is -0.342. The fraction of sp³-hybridized carbons (Fsp3) is 0.267. The van der Waals surface area contributed by atoms with E-state index in [-0.39, 0.29) is 5.91 Å². The van der Waals surface area contributed by atoms with Crippen LogP contribution in [0.15, 0.2) is 35.7 Å². The molecule has 0 spiro atoms. The number of primary amides is 1. The van der Waals surface area contributed by atoms with Gasteiger partial charge < -0.3 is 5.73 Å². The normalized spacial score (nSPS) is 12.3. The molecule has 4 heteroatoms. The molecule has 0 aliphatic carbocycles. The Morgan fingerprint density at radius 1 is 1.37 bits per heavy atom. The molecule has 100 valence electrons. The number of carbonyl (C=O) groups is 1. The number of rotatable bonds is 5. The van der Waals surface area contributed by atoms with Gasteiger partial charge in [0.15, 0.2) is 0 Å². The highest BCUT2D eigenvalue weighted by atomic mass is 32.1. The summed E-state index contributed by atoms with van der Waals surface area (Å²) in [5, 5.41) is 5.26. The average molecular weight is 274 g/mol. The lowest BCUT2D eigenvalue weighted by Crippen LogP contribution is -2.33. The molecule has 0 saturated heterocycles. The highest BCUT2D eigenvalue weighted by Crippen LogP contribution is 2.20. The maximum absolute atomic E-state index is 11.7. The molecule has 2 aromatic rings. The molecule has 19 heavy (non-hydrogen) atoms. The van der Waals surface area contributed by atoms with E-state index in [1.165, 1.54) is 4.88 Å². The van der Waals surface area contributed by atoms with Crippen molar-refractivity contribution < 1.29 is 4.79 Å². The van der Waals surface area contributed by atoms with Crippen LogP contribution in [0.3, 0.4) is 0 Å². The van der Waals surface area contributed by atoms with Gasteiger partial charge in [0.1, 0.15) is 6.04 Å². The molecule has 1 aromatic heterocycles. The zero-order valence-electron chi connectivity index (χ0n) is 11.1. The topological polar surface area (TPSA) is 55.1 Å². The molecule has 0 saturated carbocycles. The Bertz CT molecular complexity index is 564. The molecule has 0 aliphatic rings. The summed E-state index contributed by atoms with van der Waals surface area (Å²) in [6, 6.07) is 9.68. The van der Waals surface area contributed by atoms with Crippen LogP contribution < -0.4 is 11.1 Å². The van der Waals surface area contributed by atoms with Gasteiger partial charge in [-0.1, -0.05) is 29.8 Å². The van der Waals surface area contributed by atoms with Gasteiger partial charge in [0, 0.05) is 11.4 Å². The first-order valence-corrected chi connectivity index (χ1v) is 7.08. The standard InChI is InChI=1S/C15H18N2OS/c1-10-5-6-11(2)13(8-10)14(15(16)18)17-9-12-4-3-7-19-12/h3-8,14,17H,9H2,1-2H3,(H2,16,18). The molecular formula is C15H18N2OS. The number of hydrogen-bond donors (Lipinski definition) is 2. The van der Waals surface area contributed by atoms with Crippen LogP contribution in [-0.4, -0.2) is 5.91 Å². The van der Waals surface area contributed by atoms with E-state index in [0.717, 1.165) is 16.7 Å². The summed E-state index contributed by atoms with van der Waals surface area (Å²) in [5.41, 5.74) is 8.70. The first-order valence-electron chi connectivity index (χ1n) is 6.20. The maximum Gasteiger partial charge on any atom is 0.239 e. The van der Waals surface area contributed by atoms with Crippen molar-refractivity contribution in [1.82, 2.24) is 5.32 Å². The first kappa shape index (κ1) is 13.8. The third-order valence-electron chi connectivity index (χ3n) is 3.09.